The number of carboxylic acids is 1. The normalized spacial score (nSPS) is 10.8. The Bertz CT molecular complexity index is 549. The molecule has 1 N–H and O–H groups in total. The van der Waals surface area contributed by atoms with Crippen molar-refractivity contribution >= 4 is 17.7 Å². The Balaban J connectivity index is 1.87. The van der Waals surface area contributed by atoms with Gasteiger partial charge in [-0.25, -0.2) is 4.79 Å². The largest absolute Gasteiger partial charge is 0.475 e. The van der Waals surface area contributed by atoms with Crippen LogP contribution in [-0.2, 0) is 12.2 Å². The van der Waals surface area contributed by atoms with E-state index in [9.17, 15) is 4.79 Å². The van der Waals surface area contributed by atoms with Crippen molar-refractivity contribution < 1.29 is 18.8 Å². The van der Waals surface area contributed by atoms with Gasteiger partial charge < -0.3 is 14.0 Å². The van der Waals surface area contributed by atoms with Gasteiger partial charge in [-0.05, 0) is 18.6 Å². The fourth-order valence-corrected chi connectivity index (χ4v) is 2.13. The molecule has 0 aliphatic heterocycles. The van der Waals surface area contributed by atoms with Gasteiger partial charge in [0.15, 0.2) is 10.9 Å². The second kappa shape index (κ2) is 6.42. The van der Waals surface area contributed by atoms with Gasteiger partial charge in [0.05, 0.1) is 5.75 Å². The van der Waals surface area contributed by atoms with Crippen LogP contribution in [0.1, 0.15) is 42.0 Å². The highest BCUT2D eigenvalue weighted by Gasteiger charge is 2.11. The Hall–Kier alpha value is -1.76. The molecule has 19 heavy (non-hydrogen) atoms. The van der Waals surface area contributed by atoms with Crippen LogP contribution in [0.4, 0.5) is 0 Å². The molecule has 0 radical (unpaired) electrons. The lowest BCUT2D eigenvalue weighted by atomic mass is 10.2. The van der Waals surface area contributed by atoms with Crippen molar-refractivity contribution in [2.75, 3.05) is 0 Å². The first-order valence-electron chi connectivity index (χ1n) is 5.96. The molecule has 0 bridgehead atoms. The Morgan fingerprint density at radius 2 is 2.32 bits per heavy atom. The minimum Gasteiger partial charge on any atom is -0.475 e. The van der Waals surface area contributed by atoms with Gasteiger partial charge in [0.2, 0.25) is 11.7 Å². The Morgan fingerprint density at radius 1 is 1.47 bits per heavy atom. The third kappa shape index (κ3) is 3.85. The van der Waals surface area contributed by atoms with E-state index in [0.717, 1.165) is 19.3 Å². The molecule has 2 aromatic heterocycles. The molecular weight excluding hydrogens is 268 g/mol. The summed E-state index contributed by atoms with van der Waals surface area (Å²) < 4.78 is 10.2. The van der Waals surface area contributed by atoms with Crippen LogP contribution in [0.3, 0.4) is 0 Å². The van der Waals surface area contributed by atoms with E-state index in [4.69, 9.17) is 14.0 Å². The zero-order valence-corrected chi connectivity index (χ0v) is 11.3. The molecule has 0 amide bonds. The highest BCUT2D eigenvalue weighted by Crippen LogP contribution is 2.24. The molecule has 0 fully saturated rings. The first-order valence-corrected chi connectivity index (χ1v) is 6.95. The maximum absolute atomic E-state index is 10.6. The fourth-order valence-electron chi connectivity index (χ4n) is 1.43. The molecule has 7 heteroatoms. The maximum atomic E-state index is 10.6. The number of thioether (sulfide) groups is 1. The summed E-state index contributed by atoms with van der Waals surface area (Å²) in [7, 11) is 0. The lowest BCUT2D eigenvalue weighted by Crippen LogP contribution is -1.91. The summed E-state index contributed by atoms with van der Waals surface area (Å²) >= 11 is 1.32. The molecule has 0 unspecified atom stereocenters. The number of aromatic carboxylic acids is 1. The van der Waals surface area contributed by atoms with E-state index >= 15 is 0 Å². The summed E-state index contributed by atoms with van der Waals surface area (Å²) in [5.74, 6) is 0.543. The summed E-state index contributed by atoms with van der Waals surface area (Å²) in [6.45, 7) is 2.10. The molecule has 2 rings (SSSR count). The third-order valence-electron chi connectivity index (χ3n) is 2.39. The lowest BCUT2D eigenvalue weighted by Gasteiger charge is -1.92. The molecule has 0 aliphatic carbocycles. The van der Waals surface area contributed by atoms with Crippen molar-refractivity contribution in [1.82, 2.24) is 10.1 Å². The molecule has 2 aromatic rings. The number of carboxylic acid groups (broad SMARTS) is 1. The molecular formula is C12H14N2O4S. The zero-order chi connectivity index (χ0) is 13.7. The van der Waals surface area contributed by atoms with Gasteiger partial charge in [-0.3, -0.25) is 0 Å². The van der Waals surface area contributed by atoms with E-state index < -0.39 is 5.97 Å². The number of rotatable bonds is 7. The van der Waals surface area contributed by atoms with Crippen molar-refractivity contribution in [1.29, 1.82) is 0 Å². The SMILES string of the molecule is CCCCc1noc(CSc2ccc(C(=O)O)o2)n1. The van der Waals surface area contributed by atoms with Crippen molar-refractivity contribution in [3.05, 3.63) is 29.6 Å². The lowest BCUT2D eigenvalue weighted by molar-refractivity contribution is 0.0656. The van der Waals surface area contributed by atoms with Crippen molar-refractivity contribution in [3.8, 4) is 0 Å². The first-order chi connectivity index (χ1) is 9.19. The average Bonchev–Trinajstić information content (AvgIpc) is 3.03. The first kappa shape index (κ1) is 13.7. The van der Waals surface area contributed by atoms with Gasteiger partial charge in [0, 0.05) is 6.42 Å². The van der Waals surface area contributed by atoms with Gasteiger partial charge in [0.25, 0.3) is 0 Å². The molecule has 0 spiro atoms. The minimum atomic E-state index is -1.08. The molecule has 0 aromatic carbocycles. The monoisotopic (exact) mass is 282 g/mol. The Labute approximate surface area is 114 Å². The topological polar surface area (TPSA) is 89.4 Å². The number of furan rings is 1. The van der Waals surface area contributed by atoms with Crippen LogP contribution in [0.15, 0.2) is 26.2 Å². The summed E-state index contributed by atoms with van der Waals surface area (Å²) in [5.41, 5.74) is 0. The second-order valence-corrected chi connectivity index (χ2v) is 4.90. The van der Waals surface area contributed by atoms with Crippen LogP contribution in [-0.4, -0.2) is 21.2 Å². The van der Waals surface area contributed by atoms with E-state index in [1.54, 1.807) is 6.07 Å². The highest BCUT2D eigenvalue weighted by atomic mass is 32.2. The van der Waals surface area contributed by atoms with E-state index in [-0.39, 0.29) is 5.76 Å². The van der Waals surface area contributed by atoms with Gasteiger partial charge in [-0.15, -0.1) is 0 Å². The van der Waals surface area contributed by atoms with Crippen LogP contribution < -0.4 is 0 Å². The number of aryl methyl sites for hydroxylation is 1. The van der Waals surface area contributed by atoms with Crippen molar-refractivity contribution in [2.24, 2.45) is 0 Å². The van der Waals surface area contributed by atoms with Crippen LogP contribution >= 0.6 is 11.8 Å². The predicted molar refractivity (Wildman–Crippen MR) is 68.1 cm³/mol. The number of unbranched alkanes of at least 4 members (excludes halogenated alkanes) is 1. The fraction of sp³-hybridized carbons (Fsp3) is 0.417. The van der Waals surface area contributed by atoms with Gasteiger partial charge in [-0.1, -0.05) is 30.3 Å². The van der Waals surface area contributed by atoms with Crippen molar-refractivity contribution in [3.63, 3.8) is 0 Å². The molecule has 6 nitrogen and oxygen atoms in total. The summed E-state index contributed by atoms with van der Waals surface area (Å²) in [6, 6.07) is 3.04. The smallest absolute Gasteiger partial charge is 0.371 e. The van der Waals surface area contributed by atoms with E-state index in [1.807, 2.05) is 0 Å². The van der Waals surface area contributed by atoms with E-state index in [1.165, 1.54) is 17.8 Å². The molecule has 102 valence electrons. The maximum Gasteiger partial charge on any atom is 0.371 e. The molecule has 0 saturated carbocycles. The second-order valence-electron chi connectivity index (χ2n) is 3.92. The average molecular weight is 282 g/mol. The summed E-state index contributed by atoms with van der Waals surface area (Å²) in [5, 5.41) is 13.1. The van der Waals surface area contributed by atoms with Gasteiger partial charge >= 0.3 is 5.97 Å². The van der Waals surface area contributed by atoms with Crippen LogP contribution in [0.2, 0.25) is 0 Å². The standard InChI is InChI=1S/C12H14N2O4S/c1-2-3-4-9-13-10(18-14-9)7-19-11-6-5-8(17-11)12(15)16/h5-6H,2-4,7H2,1H3,(H,15,16). The Kier molecular flexibility index (Phi) is 4.62. The minimum absolute atomic E-state index is 0.0725. The molecule has 0 saturated heterocycles. The van der Waals surface area contributed by atoms with Crippen LogP contribution in [0.5, 0.6) is 0 Å². The zero-order valence-electron chi connectivity index (χ0n) is 10.5. The Morgan fingerprint density at radius 3 is 3.00 bits per heavy atom. The molecule has 0 aliphatic rings. The number of aromatic nitrogens is 2. The number of nitrogens with zero attached hydrogens (tertiary/aromatic N) is 2. The number of carbonyl (C=O) groups is 1. The highest BCUT2D eigenvalue weighted by molar-refractivity contribution is 7.98. The predicted octanol–water partition coefficient (Wildman–Crippen LogP) is 3.00. The third-order valence-corrected chi connectivity index (χ3v) is 3.29. The van der Waals surface area contributed by atoms with E-state index in [2.05, 4.69) is 17.1 Å². The summed E-state index contributed by atoms with van der Waals surface area (Å²) in [4.78, 5) is 14.9. The summed E-state index contributed by atoms with van der Waals surface area (Å²) in [6.07, 6.45) is 2.93. The van der Waals surface area contributed by atoms with Gasteiger partial charge in [0.1, 0.15) is 0 Å². The molecule has 2 heterocycles. The van der Waals surface area contributed by atoms with Gasteiger partial charge in [-0.2, -0.15) is 4.98 Å². The van der Waals surface area contributed by atoms with E-state index in [0.29, 0.717) is 22.6 Å². The molecule has 0 atom stereocenters. The number of hydrogen-bond donors (Lipinski definition) is 1. The van der Waals surface area contributed by atoms with Crippen LogP contribution in [0.25, 0.3) is 0 Å². The number of hydrogen-bond acceptors (Lipinski definition) is 6. The van der Waals surface area contributed by atoms with Crippen LogP contribution in [0, 0.1) is 0 Å². The van der Waals surface area contributed by atoms with Crippen molar-refractivity contribution in [2.45, 2.75) is 37.0 Å². The quantitative estimate of drug-likeness (QED) is 0.781.